The van der Waals surface area contributed by atoms with E-state index >= 15 is 0 Å². The highest BCUT2D eigenvalue weighted by Crippen LogP contribution is 2.89. The molecule has 0 aromatic rings. The van der Waals surface area contributed by atoms with Gasteiger partial charge in [0.2, 0.25) is 0 Å². The molecule has 112 valence electrons. The second-order valence-corrected chi connectivity index (χ2v) is 18.6. The summed E-state index contributed by atoms with van der Waals surface area (Å²) in [5, 5.41) is 0.255. The van der Waals surface area contributed by atoms with Gasteiger partial charge in [-0.3, -0.25) is 4.79 Å². The van der Waals surface area contributed by atoms with Crippen LogP contribution in [0.15, 0.2) is 0 Å². The average molecular weight is 378 g/mol. The van der Waals surface area contributed by atoms with Crippen molar-refractivity contribution in [2.24, 2.45) is 0 Å². The summed E-state index contributed by atoms with van der Waals surface area (Å²) in [6.07, 6.45) is 0.970. The van der Waals surface area contributed by atoms with Gasteiger partial charge in [0.25, 0.3) is 5.24 Å². The molecule has 1 fully saturated rings. The van der Waals surface area contributed by atoms with Gasteiger partial charge in [-0.25, -0.2) is 0 Å². The molecule has 1 atom stereocenters. The maximum atomic E-state index is 12.6. The molecular weight excluding hydrogens is 359 g/mol. The predicted octanol–water partition coefficient (Wildman–Crippen LogP) is 4.01. The van der Waals surface area contributed by atoms with Crippen LogP contribution in [0.1, 0.15) is 13.3 Å². The zero-order valence-corrected chi connectivity index (χ0v) is 16.7. The molecule has 1 saturated heterocycles. The fourth-order valence-electron chi connectivity index (χ4n) is 1.46. The molecule has 0 N–H and O–H groups in total. The quantitative estimate of drug-likeness (QED) is 0.393. The summed E-state index contributed by atoms with van der Waals surface area (Å²) in [5.41, 5.74) is 0. The summed E-state index contributed by atoms with van der Waals surface area (Å²) >= 11 is 0. The lowest BCUT2D eigenvalue weighted by Crippen LogP contribution is -2.37. The van der Waals surface area contributed by atoms with Crippen LogP contribution < -0.4 is 0 Å². The van der Waals surface area contributed by atoms with Gasteiger partial charge < -0.3 is 14.4 Å². The van der Waals surface area contributed by atoms with Crippen molar-refractivity contribution in [1.82, 2.24) is 4.90 Å². The third-order valence-electron chi connectivity index (χ3n) is 2.39. The SMILES string of the molecule is CCC([Si]C(OC)OC)S1(C(=O)N(C)C)SSSS1. The number of ether oxygens (including phenoxy) is 2. The maximum Gasteiger partial charge on any atom is 0.283 e. The number of amides is 1. The second-order valence-electron chi connectivity index (χ2n) is 3.84. The molecule has 0 aliphatic carbocycles. The van der Waals surface area contributed by atoms with E-state index in [9.17, 15) is 4.79 Å². The summed E-state index contributed by atoms with van der Waals surface area (Å²) in [5.74, 6) is -0.207. The molecule has 2 radical (unpaired) electrons. The van der Waals surface area contributed by atoms with E-state index in [1.807, 2.05) is 14.1 Å². The van der Waals surface area contributed by atoms with Gasteiger partial charge in [-0.05, 0) is 53.8 Å². The lowest BCUT2D eigenvalue weighted by atomic mass is 10.6. The second kappa shape index (κ2) is 8.72. The lowest BCUT2D eigenvalue weighted by molar-refractivity contribution is -0.0442. The van der Waals surface area contributed by atoms with Crippen molar-refractivity contribution in [2.75, 3.05) is 28.3 Å². The van der Waals surface area contributed by atoms with Crippen LogP contribution in [-0.2, 0) is 9.47 Å². The minimum atomic E-state index is -1.45. The Labute approximate surface area is 133 Å². The normalized spacial score (nSPS) is 21.4. The summed E-state index contributed by atoms with van der Waals surface area (Å²) in [7, 11) is 13.0. The number of carbonyl (C=O) groups excluding carboxylic acids is 1. The van der Waals surface area contributed by atoms with Crippen molar-refractivity contribution < 1.29 is 14.3 Å². The molecule has 1 aliphatic rings. The van der Waals surface area contributed by atoms with Crippen LogP contribution in [0.3, 0.4) is 0 Å². The predicted molar refractivity (Wildman–Crippen MR) is 94.7 cm³/mol. The monoisotopic (exact) mass is 377 g/mol. The van der Waals surface area contributed by atoms with Crippen LogP contribution in [0.25, 0.3) is 0 Å². The molecule has 1 rings (SSSR count). The summed E-state index contributed by atoms with van der Waals surface area (Å²) in [4.78, 5) is 14.7. The van der Waals surface area contributed by atoms with Gasteiger partial charge in [-0.15, -0.1) is 0 Å². The fraction of sp³-hybridized carbons (Fsp3) is 0.889. The molecule has 1 aliphatic heterocycles. The first-order valence-corrected chi connectivity index (χ1v) is 14.3. The largest absolute Gasteiger partial charge is 0.360 e. The zero-order valence-electron chi connectivity index (χ0n) is 11.6. The van der Waals surface area contributed by atoms with E-state index in [0.717, 1.165) is 6.42 Å². The molecule has 1 amide bonds. The third-order valence-corrected chi connectivity index (χ3v) is 25.5. The standard InChI is InChI=1S/C9H19NO3S5Si/c1-6-7(19-9(12-4)13-5)18(8(11)10(2)3)16-14-15-17-18/h7,9H,6H2,1-5H3. The van der Waals surface area contributed by atoms with Crippen LogP contribution in [0.5, 0.6) is 0 Å². The number of nitrogens with zero attached hydrogens (tertiary/aromatic N) is 1. The molecule has 0 saturated carbocycles. The average Bonchev–Trinajstić information content (AvgIpc) is 2.89. The van der Waals surface area contributed by atoms with Gasteiger partial charge in [-0.1, -0.05) is 6.92 Å². The Morgan fingerprint density at radius 1 is 1.26 bits per heavy atom. The van der Waals surface area contributed by atoms with Crippen molar-refractivity contribution in [3.63, 3.8) is 0 Å². The molecular formula is C9H19NO3S5Si. The van der Waals surface area contributed by atoms with Crippen molar-refractivity contribution in [2.45, 2.75) is 24.1 Å². The summed E-state index contributed by atoms with van der Waals surface area (Å²) in [6.45, 7) is 2.15. The molecule has 0 spiro atoms. The number of hydrogen-bond donors (Lipinski definition) is 0. The summed E-state index contributed by atoms with van der Waals surface area (Å²) in [6, 6.07) is 0. The minimum Gasteiger partial charge on any atom is -0.360 e. The number of hydrogen-bond acceptors (Lipinski definition) is 7. The summed E-state index contributed by atoms with van der Waals surface area (Å²) < 4.78 is 10.6. The molecule has 10 heteroatoms. The van der Waals surface area contributed by atoms with E-state index in [0.29, 0.717) is 14.4 Å². The first kappa shape index (κ1) is 18.4. The zero-order chi connectivity index (χ0) is 14.5. The van der Waals surface area contributed by atoms with E-state index < -0.39 is 8.09 Å². The topological polar surface area (TPSA) is 38.8 Å². The van der Waals surface area contributed by atoms with Crippen LogP contribution in [-0.4, -0.2) is 58.8 Å². The number of methoxy groups -OCH3 is 2. The third kappa shape index (κ3) is 4.41. The molecule has 0 aromatic carbocycles. The molecule has 4 nitrogen and oxygen atoms in total. The Morgan fingerprint density at radius 3 is 2.16 bits per heavy atom. The van der Waals surface area contributed by atoms with E-state index in [-0.39, 0.29) is 11.2 Å². The highest BCUT2D eigenvalue weighted by molar-refractivity contribution is 9.68. The molecule has 1 heterocycles. The maximum absolute atomic E-state index is 12.6. The van der Waals surface area contributed by atoms with E-state index in [1.54, 1.807) is 58.4 Å². The van der Waals surface area contributed by atoms with E-state index in [2.05, 4.69) is 6.92 Å². The first-order chi connectivity index (χ1) is 9.01. The molecule has 0 aromatic heterocycles. The van der Waals surface area contributed by atoms with Crippen LogP contribution in [0.2, 0.25) is 0 Å². The van der Waals surface area contributed by atoms with Gasteiger partial charge in [0, 0.05) is 33.2 Å². The highest BCUT2D eigenvalue weighted by atomic mass is 34.1. The van der Waals surface area contributed by atoms with Crippen molar-refractivity contribution >= 4 is 62.2 Å². The Morgan fingerprint density at radius 2 is 1.79 bits per heavy atom. The van der Waals surface area contributed by atoms with Crippen molar-refractivity contribution in [3.8, 4) is 0 Å². The molecule has 19 heavy (non-hydrogen) atoms. The Hall–Kier alpha value is 1.36. The van der Waals surface area contributed by atoms with Crippen molar-refractivity contribution in [3.05, 3.63) is 0 Å². The number of carbonyl (C=O) groups is 1. The van der Waals surface area contributed by atoms with Gasteiger partial charge in [0.1, 0.15) is 15.4 Å². The van der Waals surface area contributed by atoms with Gasteiger partial charge in [-0.2, -0.15) is 0 Å². The van der Waals surface area contributed by atoms with Gasteiger partial charge in [0.05, 0.1) is 0 Å². The van der Waals surface area contributed by atoms with Crippen molar-refractivity contribution in [1.29, 1.82) is 0 Å². The smallest absolute Gasteiger partial charge is 0.283 e. The van der Waals surface area contributed by atoms with Crippen LogP contribution >= 0.6 is 47.4 Å². The first-order valence-electron chi connectivity index (χ1n) is 5.58. The van der Waals surface area contributed by atoms with Crippen LogP contribution in [0.4, 0.5) is 4.79 Å². The van der Waals surface area contributed by atoms with Crippen LogP contribution in [0, 0.1) is 0 Å². The lowest BCUT2D eigenvalue weighted by Gasteiger charge is -2.39. The Kier molecular flexibility index (Phi) is 8.44. The van der Waals surface area contributed by atoms with E-state index in [1.165, 1.54) is 0 Å². The molecule has 1 unspecified atom stereocenters. The Bertz CT molecular complexity index is 300. The fourth-order valence-corrected chi connectivity index (χ4v) is 32.1. The van der Waals surface area contributed by atoms with Gasteiger partial charge in [0.15, 0.2) is 0 Å². The molecule has 0 bridgehead atoms. The Balaban J connectivity index is 2.91. The van der Waals surface area contributed by atoms with E-state index in [4.69, 9.17) is 9.47 Å². The minimum absolute atomic E-state index is 0.207. The number of rotatable bonds is 6. The highest BCUT2D eigenvalue weighted by Gasteiger charge is 2.47. The van der Waals surface area contributed by atoms with Gasteiger partial charge >= 0.3 is 0 Å².